The van der Waals surface area contributed by atoms with Gasteiger partial charge in [-0.2, -0.15) is 0 Å². The summed E-state index contributed by atoms with van der Waals surface area (Å²) in [6.07, 6.45) is 6.11. The quantitative estimate of drug-likeness (QED) is 0.602. The number of ether oxygens (including phenoxy) is 1. The molecule has 1 amide bonds. The normalized spacial score (nSPS) is 36.7. The molecule has 3 aliphatic rings. The maximum absolute atomic E-state index is 12.5. The molecule has 5 heteroatoms. The molecule has 2 saturated heterocycles. The van der Waals surface area contributed by atoms with Crippen molar-refractivity contribution in [2.24, 2.45) is 5.73 Å². The van der Waals surface area contributed by atoms with E-state index in [-0.39, 0.29) is 23.4 Å². The summed E-state index contributed by atoms with van der Waals surface area (Å²) < 4.78 is 5.59. The van der Waals surface area contributed by atoms with Crippen LogP contribution >= 0.6 is 11.6 Å². The van der Waals surface area contributed by atoms with E-state index < -0.39 is 6.04 Å². The van der Waals surface area contributed by atoms with Crippen molar-refractivity contribution in [3.8, 4) is 0 Å². The van der Waals surface area contributed by atoms with Gasteiger partial charge in [-0.05, 0) is 31.3 Å². The zero-order valence-electron chi connectivity index (χ0n) is 10.3. The van der Waals surface area contributed by atoms with E-state index in [1.807, 2.05) is 4.90 Å². The average molecular weight is 271 g/mol. The first kappa shape index (κ1) is 12.5. The van der Waals surface area contributed by atoms with Gasteiger partial charge in [0.25, 0.3) is 0 Å². The molecular formula is C13H19ClN2O2. The molecule has 0 aromatic heterocycles. The molecule has 2 heterocycles. The van der Waals surface area contributed by atoms with Gasteiger partial charge in [0.05, 0.1) is 17.5 Å². The van der Waals surface area contributed by atoms with Gasteiger partial charge in [0.2, 0.25) is 5.91 Å². The van der Waals surface area contributed by atoms with E-state index in [9.17, 15) is 4.79 Å². The van der Waals surface area contributed by atoms with E-state index >= 15 is 0 Å². The first-order chi connectivity index (χ1) is 8.68. The van der Waals surface area contributed by atoms with Crippen molar-refractivity contribution in [1.82, 2.24) is 4.90 Å². The Morgan fingerprint density at radius 1 is 1.61 bits per heavy atom. The van der Waals surface area contributed by atoms with E-state index in [1.165, 1.54) is 0 Å². The summed E-state index contributed by atoms with van der Waals surface area (Å²) in [6, 6.07) is -0.344. The lowest BCUT2D eigenvalue weighted by Gasteiger charge is -2.26. The van der Waals surface area contributed by atoms with Crippen LogP contribution in [-0.2, 0) is 9.53 Å². The molecule has 2 fully saturated rings. The van der Waals surface area contributed by atoms with Gasteiger partial charge in [0, 0.05) is 13.2 Å². The molecule has 0 bridgehead atoms. The first-order valence-electron chi connectivity index (χ1n) is 6.69. The number of carbonyl (C=O) groups is 1. The highest BCUT2D eigenvalue weighted by molar-refractivity contribution is 6.21. The Kier molecular flexibility index (Phi) is 3.34. The van der Waals surface area contributed by atoms with Crippen LogP contribution in [0.1, 0.15) is 25.7 Å². The lowest BCUT2D eigenvalue weighted by molar-refractivity contribution is -0.132. The second-order valence-electron chi connectivity index (χ2n) is 5.35. The molecule has 0 aromatic carbocycles. The van der Waals surface area contributed by atoms with Gasteiger partial charge in [-0.1, -0.05) is 6.08 Å². The molecule has 100 valence electrons. The standard InChI is InChI=1S/C13H19ClN2O2/c14-9-7-16(10-5-6-18-12(9)10)13(17)11(15)8-3-1-2-4-8/h3,9-12H,1-2,4-7,15H2. The van der Waals surface area contributed by atoms with Crippen LogP contribution in [0.25, 0.3) is 0 Å². The summed E-state index contributed by atoms with van der Waals surface area (Å²) in [5.41, 5.74) is 7.18. The fourth-order valence-corrected chi connectivity index (χ4v) is 3.66. The topological polar surface area (TPSA) is 55.6 Å². The van der Waals surface area contributed by atoms with Crippen LogP contribution in [-0.4, -0.2) is 47.5 Å². The van der Waals surface area contributed by atoms with E-state index in [0.717, 1.165) is 31.3 Å². The number of hydrogen-bond acceptors (Lipinski definition) is 3. The number of rotatable bonds is 2. The number of fused-ring (bicyclic) bond motifs is 1. The van der Waals surface area contributed by atoms with Crippen LogP contribution in [0.2, 0.25) is 0 Å². The minimum absolute atomic E-state index is 0.000347. The third kappa shape index (κ3) is 1.96. The van der Waals surface area contributed by atoms with E-state index in [4.69, 9.17) is 22.1 Å². The molecule has 0 radical (unpaired) electrons. The van der Waals surface area contributed by atoms with Gasteiger partial charge >= 0.3 is 0 Å². The van der Waals surface area contributed by atoms with Crippen LogP contribution in [0, 0.1) is 0 Å². The number of amides is 1. The fraction of sp³-hybridized carbons (Fsp3) is 0.769. The van der Waals surface area contributed by atoms with Crippen molar-refractivity contribution < 1.29 is 9.53 Å². The predicted molar refractivity (Wildman–Crippen MR) is 69.4 cm³/mol. The van der Waals surface area contributed by atoms with Crippen molar-refractivity contribution >= 4 is 17.5 Å². The molecule has 3 rings (SSSR count). The van der Waals surface area contributed by atoms with Crippen molar-refractivity contribution in [2.45, 2.75) is 49.2 Å². The summed E-state index contributed by atoms with van der Waals surface area (Å²) >= 11 is 6.24. The third-order valence-electron chi connectivity index (χ3n) is 4.26. The van der Waals surface area contributed by atoms with Crippen LogP contribution in [0.4, 0.5) is 0 Å². The SMILES string of the molecule is NC(C(=O)N1CC(Cl)C2OCCC21)C1=CCCC1. The monoisotopic (exact) mass is 270 g/mol. The lowest BCUT2D eigenvalue weighted by atomic mass is 10.1. The van der Waals surface area contributed by atoms with Gasteiger partial charge in [-0.25, -0.2) is 0 Å². The number of allylic oxidation sites excluding steroid dienone is 1. The van der Waals surface area contributed by atoms with Crippen LogP contribution in [0.3, 0.4) is 0 Å². The number of carbonyl (C=O) groups excluding carboxylic acids is 1. The molecule has 4 atom stereocenters. The zero-order chi connectivity index (χ0) is 12.7. The van der Waals surface area contributed by atoms with E-state index in [2.05, 4.69) is 6.08 Å². The molecule has 1 aliphatic carbocycles. The summed E-state index contributed by atoms with van der Waals surface area (Å²) in [6.45, 7) is 1.26. The molecule has 18 heavy (non-hydrogen) atoms. The van der Waals surface area contributed by atoms with Crippen molar-refractivity contribution in [1.29, 1.82) is 0 Å². The van der Waals surface area contributed by atoms with Gasteiger partial charge in [-0.15, -0.1) is 11.6 Å². The van der Waals surface area contributed by atoms with Crippen LogP contribution in [0.15, 0.2) is 11.6 Å². The van der Waals surface area contributed by atoms with E-state index in [0.29, 0.717) is 13.2 Å². The second-order valence-corrected chi connectivity index (χ2v) is 5.91. The van der Waals surface area contributed by atoms with Crippen molar-refractivity contribution in [2.75, 3.05) is 13.2 Å². The highest BCUT2D eigenvalue weighted by Crippen LogP contribution is 2.33. The van der Waals surface area contributed by atoms with Gasteiger partial charge in [0.15, 0.2) is 0 Å². The highest BCUT2D eigenvalue weighted by Gasteiger charge is 2.47. The van der Waals surface area contributed by atoms with E-state index in [1.54, 1.807) is 0 Å². The van der Waals surface area contributed by atoms with Gasteiger partial charge in [0.1, 0.15) is 6.04 Å². The predicted octanol–water partition coefficient (Wildman–Crippen LogP) is 1.03. The molecule has 0 saturated carbocycles. The maximum atomic E-state index is 12.5. The molecule has 4 nitrogen and oxygen atoms in total. The first-order valence-corrected chi connectivity index (χ1v) is 7.13. The zero-order valence-corrected chi connectivity index (χ0v) is 11.1. The Balaban J connectivity index is 1.72. The molecule has 2 aliphatic heterocycles. The maximum Gasteiger partial charge on any atom is 0.244 e. The Bertz CT molecular complexity index is 385. The summed E-state index contributed by atoms with van der Waals surface area (Å²) in [7, 11) is 0. The van der Waals surface area contributed by atoms with Crippen molar-refractivity contribution in [3.63, 3.8) is 0 Å². The third-order valence-corrected chi connectivity index (χ3v) is 4.64. The van der Waals surface area contributed by atoms with Crippen LogP contribution in [0.5, 0.6) is 0 Å². The average Bonchev–Trinajstić information content (AvgIpc) is 3.05. The minimum atomic E-state index is -0.476. The summed E-state index contributed by atoms with van der Waals surface area (Å²) in [5, 5.41) is -0.0915. The number of hydrogen-bond donors (Lipinski definition) is 1. The molecule has 0 aromatic rings. The molecule has 0 spiro atoms. The highest BCUT2D eigenvalue weighted by atomic mass is 35.5. The van der Waals surface area contributed by atoms with Gasteiger partial charge < -0.3 is 15.4 Å². The fourth-order valence-electron chi connectivity index (χ4n) is 3.27. The summed E-state index contributed by atoms with van der Waals surface area (Å²) in [5.74, 6) is 0.0202. The Morgan fingerprint density at radius 3 is 3.17 bits per heavy atom. The molecule has 2 N–H and O–H groups in total. The minimum Gasteiger partial charge on any atom is -0.374 e. The number of alkyl halides is 1. The molecular weight excluding hydrogens is 252 g/mol. The van der Waals surface area contributed by atoms with Crippen molar-refractivity contribution in [3.05, 3.63) is 11.6 Å². The second kappa shape index (κ2) is 4.83. The molecule has 4 unspecified atom stereocenters. The Hall–Kier alpha value is -0.580. The number of halogens is 1. The number of nitrogens with zero attached hydrogens (tertiary/aromatic N) is 1. The largest absolute Gasteiger partial charge is 0.374 e. The Labute approximate surface area is 112 Å². The Morgan fingerprint density at radius 2 is 2.44 bits per heavy atom. The smallest absolute Gasteiger partial charge is 0.244 e. The number of nitrogens with two attached hydrogens (primary N) is 1. The van der Waals surface area contributed by atoms with Gasteiger partial charge in [-0.3, -0.25) is 4.79 Å². The van der Waals surface area contributed by atoms with Crippen LogP contribution < -0.4 is 5.73 Å². The lowest BCUT2D eigenvalue weighted by Crippen LogP contribution is -2.47. The summed E-state index contributed by atoms with van der Waals surface area (Å²) in [4.78, 5) is 14.3. The number of likely N-dealkylation sites (tertiary alicyclic amines) is 1.